The van der Waals surface area contributed by atoms with Crippen LogP contribution in [-0.4, -0.2) is 34.3 Å². The first-order valence-electron chi connectivity index (χ1n) is 7.61. The van der Waals surface area contributed by atoms with Crippen molar-refractivity contribution in [3.05, 3.63) is 57.9 Å². The van der Waals surface area contributed by atoms with E-state index in [1.165, 1.54) is 19.1 Å². The molecule has 1 aromatic heterocycles. The lowest BCUT2D eigenvalue weighted by Gasteiger charge is -2.06. The van der Waals surface area contributed by atoms with Crippen LogP contribution in [0.2, 0.25) is 0 Å². The molecule has 0 aliphatic carbocycles. The zero-order chi connectivity index (χ0) is 17.9. The number of benzene rings is 1. The normalized spacial score (nSPS) is 10.5. The minimum absolute atomic E-state index is 0.0705. The average Bonchev–Trinajstić information content (AvgIpc) is 2.82. The Hall–Kier alpha value is -2.89. The first-order valence-corrected chi connectivity index (χ1v) is 7.61. The van der Waals surface area contributed by atoms with Crippen molar-refractivity contribution in [1.82, 2.24) is 10.3 Å². The Morgan fingerprint density at radius 1 is 1.12 bits per heavy atom. The van der Waals surface area contributed by atoms with Gasteiger partial charge in [-0.2, -0.15) is 0 Å². The van der Waals surface area contributed by atoms with E-state index in [0.29, 0.717) is 35.5 Å². The second-order valence-electron chi connectivity index (χ2n) is 5.69. The summed E-state index contributed by atoms with van der Waals surface area (Å²) < 4.78 is 0. The Balaban J connectivity index is 1.97. The van der Waals surface area contributed by atoms with Gasteiger partial charge in [-0.3, -0.25) is 9.59 Å². The Bertz CT molecular complexity index is 788. The number of aryl methyl sites for hydroxylation is 1. The van der Waals surface area contributed by atoms with E-state index in [-0.39, 0.29) is 17.3 Å². The summed E-state index contributed by atoms with van der Waals surface area (Å²) >= 11 is 0. The molecule has 0 atom stereocenters. The number of aromatic nitrogens is 1. The lowest BCUT2D eigenvalue weighted by molar-refractivity contribution is 0.0696. The third kappa shape index (κ3) is 3.71. The molecule has 0 fully saturated rings. The smallest absolute Gasteiger partial charge is 0.335 e. The van der Waals surface area contributed by atoms with Crippen molar-refractivity contribution in [1.29, 1.82) is 0 Å². The number of carboxylic acid groups (broad SMARTS) is 1. The van der Waals surface area contributed by atoms with Crippen LogP contribution in [-0.2, 0) is 6.42 Å². The van der Waals surface area contributed by atoms with Gasteiger partial charge in [0.15, 0.2) is 5.78 Å². The number of aromatic amines is 1. The quantitative estimate of drug-likeness (QED) is 0.709. The van der Waals surface area contributed by atoms with Crippen LogP contribution in [0.1, 0.15) is 54.9 Å². The van der Waals surface area contributed by atoms with Crippen LogP contribution in [0.3, 0.4) is 0 Å². The molecule has 0 spiro atoms. The summed E-state index contributed by atoms with van der Waals surface area (Å²) in [7, 11) is 0. The van der Waals surface area contributed by atoms with E-state index >= 15 is 0 Å². The molecule has 1 heterocycles. The number of aromatic carboxylic acids is 1. The minimum Gasteiger partial charge on any atom is -0.478 e. The number of carbonyl (C=O) groups is 3. The number of nitrogens with one attached hydrogen (secondary N) is 2. The van der Waals surface area contributed by atoms with E-state index in [9.17, 15) is 14.4 Å². The van der Waals surface area contributed by atoms with Crippen LogP contribution >= 0.6 is 0 Å². The zero-order valence-electron chi connectivity index (χ0n) is 13.9. The Kier molecular flexibility index (Phi) is 5.18. The molecule has 1 aromatic carbocycles. The van der Waals surface area contributed by atoms with Crippen molar-refractivity contribution in [2.24, 2.45) is 0 Å². The molecule has 3 N–H and O–H groups in total. The number of carbonyl (C=O) groups excluding carboxylic acids is 2. The summed E-state index contributed by atoms with van der Waals surface area (Å²) in [6, 6.07) is 6.54. The van der Waals surface area contributed by atoms with Crippen LogP contribution in [0.15, 0.2) is 24.3 Å². The van der Waals surface area contributed by atoms with Gasteiger partial charge in [0, 0.05) is 17.8 Å². The highest BCUT2D eigenvalue weighted by molar-refractivity contribution is 6.02. The van der Waals surface area contributed by atoms with Crippen molar-refractivity contribution in [2.45, 2.75) is 27.2 Å². The number of carboxylic acids is 1. The van der Waals surface area contributed by atoms with Crippen LogP contribution in [0.25, 0.3) is 0 Å². The molecule has 6 heteroatoms. The van der Waals surface area contributed by atoms with Gasteiger partial charge < -0.3 is 15.4 Å². The number of H-pyrrole nitrogens is 1. The van der Waals surface area contributed by atoms with Crippen LogP contribution in [0.5, 0.6) is 0 Å². The number of rotatable bonds is 6. The molecule has 0 aliphatic heterocycles. The summed E-state index contributed by atoms with van der Waals surface area (Å²) in [6.45, 7) is 5.41. The molecule has 0 saturated carbocycles. The minimum atomic E-state index is -0.964. The fourth-order valence-electron chi connectivity index (χ4n) is 2.73. The number of amides is 1. The van der Waals surface area contributed by atoms with Gasteiger partial charge in [-0.25, -0.2) is 4.79 Å². The van der Waals surface area contributed by atoms with Crippen LogP contribution < -0.4 is 5.32 Å². The Labute approximate surface area is 139 Å². The van der Waals surface area contributed by atoms with Gasteiger partial charge in [0.1, 0.15) is 5.69 Å². The van der Waals surface area contributed by atoms with Crippen LogP contribution in [0, 0.1) is 13.8 Å². The molecule has 24 heavy (non-hydrogen) atoms. The first kappa shape index (κ1) is 17.5. The fraction of sp³-hybridized carbons (Fsp3) is 0.278. The van der Waals surface area contributed by atoms with E-state index in [1.807, 2.05) is 0 Å². The maximum absolute atomic E-state index is 12.3. The second kappa shape index (κ2) is 7.12. The van der Waals surface area contributed by atoms with Crippen molar-refractivity contribution < 1.29 is 19.5 Å². The third-order valence-corrected chi connectivity index (χ3v) is 3.92. The molecule has 126 valence electrons. The van der Waals surface area contributed by atoms with Gasteiger partial charge in [0.05, 0.1) is 5.56 Å². The fourth-order valence-corrected chi connectivity index (χ4v) is 2.73. The number of hydrogen-bond donors (Lipinski definition) is 3. The highest BCUT2D eigenvalue weighted by atomic mass is 16.4. The summed E-state index contributed by atoms with van der Waals surface area (Å²) in [4.78, 5) is 37.6. The van der Waals surface area contributed by atoms with Gasteiger partial charge in [0.25, 0.3) is 5.91 Å². The van der Waals surface area contributed by atoms with Gasteiger partial charge in [-0.05, 0) is 50.5 Å². The molecule has 0 unspecified atom stereocenters. The molecule has 2 aromatic rings. The molecule has 0 saturated heterocycles. The Morgan fingerprint density at radius 2 is 1.75 bits per heavy atom. The summed E-state index contributed by atoms with van der Waals surface area (Å²) in [5.41, 5.74) is 3.47. The van der Waals surface area contributed by atoms with E-state index in [4.69, 9.17) is 5.11 Å². The maximum Gasteiger partial charge on any atom is 0.335 e. The predicted octanol–water partition coefficient (Wildman–Crippen LogP) is 2.50. The molecular formula is C18H20N2O4. The number of hydrogen-bond acceptors (Lipinski definition) is 3. The largest absolute Gasteiger partial charge is 0.478 e. The van der Waals surface area contributed by atoms with Crippen LogP contribution in [0.4, 0.5) is 0 Å². The molecule has 1 amide bonds. The van der Waals surface area contributed by atoms with Crippen molar-refractivity contribution >= 4 is 17.7 Å². The molecule has 0 bridgehead atoms. The predicted molar refractivity (Wildman–Crippen MR) is 89.7 cm³/mol. The van der Waals surface area contributed by atoms with Gasteiger partial charge in [-0.15, -0.1) is 0 Å². The van der Waals surface area contributed by atoms with E-state index in [1.54, 1.807) is 26.0 Å². The molecule has 2 rings (SSSR count). The summed E-state index contributed by atoms with van der Waals surface area (Å²) in [5.74, 6) is -1.29. The third-order valence-electron chi connectivity index (χ3n) is 3.92. The van der Waals surface area contributed by atoms with Gasteiger partial charge in [0.2, 0.25) is 0 Å². The lowest BCUT2D eigenvalue weighted by atomic mass is 10.1. The molecule has 0 aliphatic rings. The van der Waals surface area contributed by atoms with Gasteiger partial charge >= 0.3 is 5.97 Å². The van der Waals surface area contributed by atoms with Crippen molar-refractivity contribution in [2.75, 3.05) is 6.54 Å². The highest BCUT2D eigenvalue weighted by Gasteiger charge is 2.19. The standard InChI is InChI=1S/C18H20N2O4/c1-10-15(12(3)21)11(2)20-16(10)17(22)19-9-8-13-4-6-14(7-5-13)18(23)24/h4-7,20H,8-9H2,1-3H3,(H,19,22)(H,23,24). The van der Waals surface area contributed by atoms with Gasteiger partial charge in [-0.1, -0.05) is 12.1 Å². The molecule has 6 nitrogen and oxygen atoms in total. The summed E-state index contributed by atoms with van der Waals surface area (Å²) in [5, 5.41) is 11.7. The average molecular weight is 328 g/mol. The SMILES string of the molecule is CC(=O)c1c(C)[nH]c(C(=O)NCCc2ccc(C(=O)O)cc2)c1C. The maximum atomic E-state index is 12.3. The zero-order valence-corrected chi connectivity index (χ0v) is 13.9. The number of Topliss-reactive ketones (excluding diaryl/α,β-unsaturated/α-hetero) is 1. The summed E-state index contributed by atoms with van der Waals surface area (Å²) in [6.07, 6.45) is 0.587. The lowest BCUT2D eigenvalue weighted by Crippen LogP contribution is -2.26. The van der Waals surface area contributed by atoms with E-state index in [0.717, 1.165) is 5.56 Å². The highest BCUT2D eigenvalue weighted by Crippen LogP contribution is 2.18. The van der Waals surface area contributed by atoms with Crippen molar-refractivity contribution in [3.8, 4) is 0 Å². The van der Waals surface area contributed by atoms with E-state index in [2.05, 4.69) is 10.3 Å². The Morgan fingerprint density at radius 3 is 2.25 bits per heavy atom. The molecular weight excluding hydrogens is 308 g/mol. The first-order chi connectivity index (χ1) is 11.3. The van der Waals surface area contributed by atoms with Crippen molar-refractivity contribution in [3.63, 3.8) is 0 Å². The number of ketones is 1. The second-order valence-corrected chi connectivity index (χ2v) is 5.69. The molecule has 0 radical (unpaired) electrons. The monoisotopic (exact) mass is 328 g/mol. The topological polar surface area (TPSA) is 99.3 Å². The van der Waals surface area contributed by atoms with E-state index < -0.39 is 5.97 Å².